The lowest BCUT2D eigenvalue weighted by molar-refractivity contribution is 0.0757. The van der Waals surface area contributed by atoms with E-state index in [0.29, 0.717) is 18.7 Å². The summed E-state index contributed by atoms with van der Waals surface area (Å²) in [5.41, 5.74) is 5.90. The van der Waals surface area contributed by atoms with Gasteiger partial charge in [-0.05, 0) is 31.5 Å². The number of benzene rings is 1. The van der Waals surface area contributed by atoms with Gasteiger partial charge in [0.25, 0.3) is 5.91 Å². The first kappa shape index (κ1) is 16.2. The Morgan fingerprint density at radius 1 is 1.40 bits per heavy atom. The lowest BCUT2D eigenvalue weighted by Crippen LogP contribution is -2.32. The average Bonchev–Trinajstić information content (AvgIpc) is 2.45. The van der Waals surface area contributed by atoms with Gasteiger partial charge >= 0.3 is 0 Å². The number of halogens is 1. The summed E-state index contributed by atoms with van der Waals surface area (Å²) >= 11 is 0. The molecule has 1 amide bonds. The van der Waals surface area contributed by atoms with Crippen LogP contribution in [0.4, 0.5) is 4.39 Å². The van der Waals surface area contributed by atoms with Gasteiger partial charge in [-0.2, -0.15) is 0 Å². The number of unbranched alkanes of at least 4 members (excludes halogenated alkanes) is 1. The Labute approximate surface area is 120 Å². The van der Waals surface area contributed by atoms with E-state index in [1.807, 2.05) is 6.92 Å². The number of amides is 1. The third kappa shape index (κ3) is 4.36. The topological polar surface area (TPSA) is 46.3 Å². The highest BCUT2D eigenvalue weighted by molar-refractivity contribution is 5.94. The van der Waals surface area contributed by atoms with Crippen LogP contribution in [0.25, 0.3) is 0 Å². The number of hydrogen-bond donors (Lipinski definition) is 1. The van der Waals surface area contributed by atoms with Gasteiger partial charge in [0.15, 0.2) is 0 Å². The Balaban J connectivity index is 2.92. The van der Waals surface area contributed by atoms with Crippen molar-refractivity contribution in [2.24, 2.45) is 5.73 Å². The predicted octanol–water partition coefficient (Wildman–Crippen LogP) is 2.40. The number of carbonyl (C=O) groups excluding carboxylic acids is 1. The molecule has 0 saturated heterocycles. The molecule has 0 radical (unpaired) electrons. The Hall–Kier alpha value is -1.86. The van der Waals surface area contributed by atoms with Crippen molar-refractivity contribution < 1.29 is 9.18 Å². The SMILES string of the molecule is CCCCN(CC)C(=O)c1ccc(C#CCN)cc1F. The van der Waals surface area contributed by atoms with Crippen LogP contribution in [0.2, 0.25) is 0 Å². The van der Waals surface area contributed by atoms with Crippen LogP contribution in [0.1, 0.15) is 42.6 Å². The molecule has 20 heavy (non-hydrogen) atoms. The van der Waals surface area contributed by atoms with Gasteiger partial charge in [0.1, 0.15) is 5.82 Å². The quantitative estimate of drug-likeness (QED) is 0.839. The second-order valence-electron chi connectivity index (χ2n) is 4.44. The molecule has 0 heterocycles. The Bertz CT molecular complexity index is 517. The normalized spacial score (nSPS) is 9.80. The van der Waals surface area contributed by atoms with Gasteiger partial charge in [0, 0.05) is 18.7 Å². The van der Waals surface area contributed by atoms with Gasteiger partial charge in [0.05, 0.1) is 12.1 Å². The summed E-state index contributed by atoms with van der Waals surface area (Å²) in [6, 6.07) is 4.42. The van der Waals surface area contributed by atoms with Crippen LogP contribution in [-0.4, -0.2) is 30.4 Å². The molecule has 1 aromatic rings. The maximum atomic E-state index is 14.0. The number of rotatable bonds is 5. The molecule has 3 nitrogen and oxygen atoms in total. The second kappa shape index (κ2) is 8.34. The van der Waals surface area contributed by atoms with Crippen LogP contribution >= 0.6 is 0 Å². The van der Waals surface area contributed by atoms with Crippen molar-refractivity contribution in [1.82, 2.24) is 4.90 Å². The maximum absolute atomic E-state index is 14.0. The summed E-state index contributed by atoms with van der Waals surface area (Å²) in [6.07, 6.45) is 1.92. The van der Waals surface area contributed by atoms with Crippen LogP contribution in [0.15, 0.2) is 18.2 Å². The van der Waals surface area contributed by atoms with E-state index in [2.05, 4.69) is 18.8 Å². The molecule has 0 aromatic heterocycles. The molecule has 0 aliphatic carbocycles. The zero-order chi connectivity index (χ0) is 15.0. The van der Waals surface area contributed by atoms with Gasteiger partial charge in [-0.1, -0.05) is 25.2 Å². The molecule has 0 spiro atoms. The first-order valence-electron chi connectivity index (χ1n) is 6.91. The minimum atomic E-state index is -0.534. The van der Waals surface area contributed by atoms with Crippen molar-refractivity contribution in [2.75, 3.05) is 19.6 Å². The highest BCUT2D eigenvalue weighted by atomic mass is 19.1. The fraction of sp³-hybridized carbons (Fsp3) is 0.438. The van der Waals surface area contributed by atoms with E-state index in [1.54, 1.807) is 11.0 Å². The van der Waals surface area contributed by atoms with Crippen molar-refractivity contribution in [2.45, 2.75) is 26.7 Å². The molecule has 0 fully saturated rings. The van der Waals surface area contributed by atoms with E-state index in [4.69, 9.17) is 5.73 Å². The van der Waals surface area contributed by atoms with Crippen molar-refractivity contribution in [3.05, 3.63) is 35.1 Å². The first-order chi connectivity index (χ1) is 9.63. The predicted molar refractivity (Wildman–Crippen MR) is 78.8 cm³/mol. The van der Waals surface area contributed by atoms with Crippen molar-refractivity contribution >= 4 is 5.91 Å². The number of nitrogens with two attached hydrogens (primary N) is 1. The number of nitrogens with zero attached hydrogens (tertiary/aromatic N) is 1. The molecule has 0 unspecified atom stereocenters. The minimum Gasteiger partial charge on any atom is -0.339 e. The summed E-state index contributed by atoms with van der Waals surface area (Å²) in [7, 11) is 0. The fourth-order valence-corrected chi connectivity index (χ4v) is 1.84. The summed E-state index contributed by atoms with van der Waals surface area (Å²) in [5, 5.41) is 0. The molecule has 4 heteroatoms. The number of hydrogen-bond acceptors (Lipinski definition) is 2. The molecular weight excluding hydrogens is 255 g/mol. The van der Waals surface area contributed by atoms with Gasteiger partial charge in [-0.15, -0.1) is 0 Å². The summed E-state index contributed by atoms with van der Waals surface area (Å²) in [4.78, 5) is 13.9. The van der Waals surface area contributed by atoms with Crippen LogP contribution in [0.5, 0.6) is 0 Å². The van der Waals surface area contributed by atoms with Gasteiger partial charge in [-0.3, -0.25) is 4.79 Å². The zero-order valence-corrected chi connectivity index (χ0v) is 12.1. The van der Waals surface area contributed by atoms with Crippen LogP contribution < -0.4 is 5.73 Å². The summed E-state index contributed by atoms with van der Waals surface area (Å²) < 4.78 is 14.0. The van der Waals surface area contributed by atoms with E-state index in [1.165, 1.54) is 12.1 Å². The minimum absolute atomic E-state index is 0.0984. The van der Waals surface area contributed by atoms with E-state index < -0.39 is 5.82 Å². The first-order valence-corrected chi connectivity index (χ1v) is 6.91. The molecule has 1 rings (SSSR count). The number of carbonyl (C=O) groups is 1. The summed E-state index contributed by atoms with van der Waals surface area (Å²) in [5.74, 6) is 4.61. The lowest BCUT2D eigenvalue weighted by atomic mass is 10.1. The highest BCUT2D eigenvalue weighted by Gasteiger charge is 2.17. The smallest absolute Gasteiger partial charge is 0.256 e. The van der Waals surface area contributed by atoms with E-state index in [-0.39, 0.29) is 18.0 Å². The van der Waals surface area contributed by atoms with Crippen molar-refractivity contribution in [3.63, 3.8) is 0 Å². The summed E-state index contributed by atoms with van der Waals surface area (Å²) in [6.45, 7) is 5.41. The average molecular weight is 276 g/mol. The Kier molecular flexibility index (Phi) is 6.75. The van der Waals surface area contributed by atoms with Crippen LogP contribution in [0, 0.1) is 17.7 Å². The molecule has 1 aromatic carbocycles. The molecule has 108 valence electrons. The molecule has 0 saturated carbocycles. The molecular formula is C16H21FN2O. The third-order valence-electron chi connectivity index (χ3n) is 2.98. The van der Waals surface area contributed by atoms with Crippen LogP contribution in [-0.2, 0) is 0 Å². The van der Waals surface area contributed by atoms with Crippen molar-refractivity contribution in [1.29, 1.82) is 0 Å². The molecule has 0 bridgehead atoms. The van der Waals surface area contributed by atoms with E-state index in [0.717, 1.165) is 12.8 Å². The Morgan fingerprint density at radius 3 is 2.70 bits per heavy atom. The molecule has 0 atom stereocenters. The van der Waals surface area contributed by atoms with Crippen molar-refractivity contribution in [3.8, 4) is 11.8 Å². The Morgan fingerprint density at radius 2 is 2.15 bits per heavy atom. The highest BCUT2D eigenvalue weighted by Crippen LogP contribution is 2.13. The fourth-order valence-electron chi connectivity index (χ4n) is 1.84. The maximum Gasteiger partial charge on any atom is 0.256 e. The van der Waals surface area contributed by atoms with Gasteiger partial charge in [0.2, 0.25) is 0 Å². The van der Waals surface area contributed by atoms with Crippen LogP contribution in [0.3, 0.4) is 0 Å². The largest absolute Gasteiger partial charge is 0.339 e. The third-order valence-corrected chi connectivity index (χ3v) is 2.98. The molecule has 0 aliphatic heterocycles. The standard InChI is InChI=1S/C16H21FN2O/c1-3-5-11-19(4-2)16(20)14-9-8-13(7-6-10-18)12-15(14)17/h8-9,12H,3-5,10-11,18H2,1-2H3. The lowest BCUT2D eigenvalue weighted by Gasteiger charge is -2.20. The van der Waals surface area contributed by atoms with E-state index >= 15 is 0 Å². The van der Waals surface area contributed by atoms with Gasteiger partial charge < -0.3 is 10.6 Å². The molecule has 0 aliphatic rings. The second-order valence-corrected chi connectivity index (χ2v) is 4.44. The van der Waals surface area contributed by atoms with E-state index in [9.17, 15) is 9.18 Å². The molecule has 2 N–H and O–H groups in total. The zero-order valence-electron chi connectivity index (χ0n) is 12.1. The van der Waals surface area contributed by atoms with Gasteiger partial charge in [-0.25, -0.2) is 4.39 Å². The monoisotopic (exact) mass is 276 g/mol.